The Kier molecular flexibility index (Phi) is 10.4. The molecule has 0 aliphatic rings. The van der Waals surface area contributed by atoms with Crippen LogP contribution in [0.5, 0.6) is 5.75 Å². The largest absolute Gasteiger partial charge is 0.497 e. The Hall–Kier alpha value is -2.47. The molecule has 2 aromatic rings. The normalized spacial score (nSPS) is 11.8. The first-order valence-corrected chi connectivity index (χ1v) is 11.9. The van der Waals surface area contributed by atoms with Crippen LogP contribution in [0.3, 0.4) is 0 Å². The van der Waals surface area contributed by atoms with Gasteiger partial charge in [0.05, 0.1) is 7.11 Å². The van der Waals surface area contributed by atoms with Crippen LogP contribution in [0.15, 0.2) is 54.6 Å². The molecule has 0 saturated heterocycles. The maximum atomic E-state index is 13.2. The van der Waals surface area contributed by atoms with Crippen LogP contribution in [0.4, 0.5) is 0 Å². The van der Waals surface area contributed by atoms with Crippen molar-refractivity contribution in [3.8, 4) is 5.75 Å². The van der Waals surface area contributed by atoms with Crippen molar-refractivity contribution >= 4 is 23.6 Å². The summed E-state index contributed by atoms with van der Waals surface area (Å²) < 4.78 is 5.32. The third kappa shape index (κ3) is 8.29. The molecule has 0 unspecified atom stereocenters. The van der Waals surface area contributed by atoms with Gasteiger partial charge in [0, 0.05) is 30.5 Å². The van der Waals surface area contributed by atoms with Gasteiger partial charge in [0.1, 0.15) is 11.8 Å². The summed E-state index contributed by atoms with van der Waals surface area (Å²) in [5.41, 5.74) is 2.19. The molecule has 0 heterocycles. The number of nitrogens with one attached hydrogen (secondary N) is 1. The molecule has 1 N–H and O–H groups in total. The first kappa shape index (κ1) is 24.8. The molecule has 0 radical (unpaired) electrons. The van der Waals surface area contributed by atoms with Gasteiger partial charge in [-0.05, 0) is 43.5 Å². The van der Waals surface area contributed by atoms with Crippen molar-refractivity contribution in [1.29, 1.82) is 0 Å². The van der Waals surface area contributed by atoms with Gasteiger partial charge < -0.3 is 15.0 Å². The van der Waals surface area contributed by atoms with Gasteiger partial charge in [0.15, 0.2) is 0 Å². The van der Waals surface area contributed by atoms with Gasteiger partial charge in [-0.15, -0.1) is 0 Å². The van der Waals surface area contributed by atoms with E-state index < -0.39 is 6.04 Å². The quantitative estimate of drug-likeness (QED) is 0.486. The Balaban J connectivity index is 2.08. The molecule has 1 atom stereocenters. The molecule has 0 fully saturated rings. The zero-order valence-electron chi connectivity index (χ0n) is 19.0. The second-order valence-corrected chi connectivity index (χ2v) is 8.85. The Morgan fingerprint density at radius 3 is 2.42 bits per heavy atom. The fourth-order valence-electron chi connectivity index (χ4n) is 3.34. The Morgan fingerprint density at radius 2 is 1.77 bits per heavy atom. The molecule has 2 aromatic carbocycles. The van der Waals surface area contributed by atoms with E-state index in [4.69, 9.17) is 4.74 Å². The van der Waals surface area contributed by atoms with Crippen LogP contribution in [0, 0.1) is 0 Å². The summed E-state index contributed by atoms with van der Waals surface area (Å²) in [4.78, 5) is 27.7. The monoisotopic (exact) mass is 442 g/mol. The van der Waals surface area contributed by atoms with E-state index in [1.54, 1.807) is 23.8 Å². The first-order valence-electron chi connectivity index (χ1n) is 10.8. The molecule has 0 aliphatic heterocycles. The molecule has 2 rings (SSSR count). The number of hydrogen-bond donors (Lipinski definition) is 1. The van der Waals surface area contributed by atoms with Gasteiger partial charge in [-0.3, -0.25) is 9.59 Å². The van der Waals surface area contributed by atoms with Crippen molar-refractivity contribution in [2.45, 2.75) is 58.0 Å². The minimum Gasteiger partial charge on any atom is -0.497 e. The predicted molar refractivity (Wildman–Crippen MR) is 128 cm³/mol. The summed E-state index contributed by atoms with van der Waals surface area (Å²) in [5, 5.41) is 2.96. The highest BCUT2D eigenvalue weighted by Crippen LogP contribution is 2.19. The third-order valence-corrected chi connectivity index (χ3v) is 5.91. The SMILES string of the molecule is CC[C@H](C(=O)NC(C)C)N(Cc1cccc(OC)c1)C(=O)CCSCc1ccccc1. The molecule has 0 saturated carbocycles. The lowest BCUT2D eigenvalue weighted by molar-refractivity contribution is -0.141. The number of rotatable bonds is 12. The number of carbonyl (C=O) groups excluding carboxylic acids is 2. The van der Waals surface area contributed by atoms with Crippen LogP contribution in [0.1, 0.15) is 44.7 Å². The number of methoxy groups -OCH3 is 1. The average molecular weight is 443 g/mol. The third-order valence-electron chi connectivity index (χ3n) is 4.88. The minimum atomic E-state index is -0.500. The fraction of sp³-hybridized carbons (Fsp3) is 0.440. The van der Waals surface area contributed by atoms with Crippen molar-refractivity contribution in [2.24, 2.45) is 0 Å². The summed E-state index contributed by atoms with van der Waals surface area (Å²) in [5.74, 6) is 2.21. The Labute approximate surface area is 190 Å². The van der Waals surface area contributed by atoms with E-state index >= 15 is 0 Å². The van der Waals surface area contributed by atoms with Gasteiger partial charge in [-0.2, -0.15) is 11.8 Å². The molecular weight excluding hydrogens is 408 g/mol. The van der Waals surface area contributed by atoms with Gasteiger partial charge in [0.25, 0.3) is 0 Å². The Morgan fingerprint density at radius 1 is 1.06 bits per heavy atom. The highest BCUT2D eigenvalue weighted by atomic mass is 32.2. The first-order chi connectivity index (χ1) is 14.9. The fourth-order valence-corrected chi connectivity index (χ4v) is 4.23. The molecular formula is C25H34N2O3S. The molecule has 168 valence electrons. The van der Waals surface area contributed by atoms with Crippen LogP contribution in [0.2, 0.25) is 0 Å². The van der Waals surface area contributed by atoms with Crippen LogP contribution in [-0.4, -0.2) is 41.7 Å². The predicted octanol–water partition coefficient (Wildman–Crippen LogP) is 4.65. The van der Waals surface area contributed by atoms with Crippen LogP contribution >= 0.6 is 11.8 Å². The van der Waals surface area contributed by atoms with Gasteiger partial charge in [-0.1, -0.05) is 49.4 Å². The molecule has 31 heavy (non-hydrogen) atoms. The van der Waals surface area contributed by atoms with Gasteiger partial charge in [0.2, 0.25) is 11.8 Å². The zero-order valence-corrected chi connectivity index (χ0v) is 19.8. The minimum absolute atomic E-state index is 0.00543. The topological polar surface area (TPSA) is 58.6 Å². The maximum Gasteiger partial charge on any atom is 0.243 e. The highest BCUT2D eigenvalue weighted by molar-refractivity contribution is 7.98. The molecule has 6 heteroatoms. The summed E-state index contributed by atoms with van der Waals surface area (Å²) in [6.45, 7) is 6.18. The lowest BCUT2D eigenvalue weighted by Crippen LogP contribution is -2.50. The molecule has 0 aliphatic carbocycles. The summed E-state index contributed by atoms with van der Waals surface area (Å²) in [6.07, 6.45) is 0.957. The second kappa shape index (κ2) is 13.1. The molecule has 5 nitrogen and oxygen atoms in total. The summed E-state index contributed by atoms with van der Waals surface area (Å²) in [7, 11) is 1.62. The standard InChI is InChI=1S/C25H34N2O3S/c1-5-23(25(29)26-19(2)3)27(17-21-12-9-13-22(16-21)30-4)24(28)14-15-31-18-20-10-7-6-8-11-20/h6-13,16,19,23H,5,14-15,17-18H2,1-4H3,(H,26,29)/t23-/m1/s1. The van der Waals surface area contributed by atoms with E-state index in [1.807, 2.05) is 63.2 Å². The number of ether oxygens (including phenoxy) is 1. The van der Waals surface area contributed by atoms with E-state index in [2.05, 4.69) is 17.4 Å². The summed E-state index contributed by atoms with van der Waals surface area (Å²) >= 11 is 1.73. The number of benzene rings is 2. The molecule has 0 bridgehead atoms. The van der Waals surface area contributed by atoms with E-state index in [9.17, 15) is 9.59 Å². The van der Waals surface area contributed by atoms with Crippen molar-refractivity contribution < 1.29 is 14.3 Å². The summed E-state index contributed by atoms with van der Waals surface area (Å²) in [6, 6.07) is 17.4. The average Bonchev–Trinajstić information content (AvgIpc) is 2.76. The number of carbonyl (C=O) groups is 2. The number of amides is 2. The second-order valence-electron chi connectivity index (χ2n) is 7.75. The number of nitrogens with zero attached hydrogens (tertiary/aromatic N) is 1. The molecule has 0 aromatic heterocycles. The lowest BCUT2D eigenvalue weighted by Gasteiger charge is -2.31. The van der Waals surface area contributed by atoms with E-state index in [0.717, 1.165) is 17.1 Å². The lowest BCUT2D eigenvalue weighted by atomic mass is 10.1. The zero-order chi connectivity index (χ0) is 22.6. The number of hydrogen-bond acceptors (Lipinski definition) is 4. The van der Waals surface area contributed by atoms with Crippen molar-refractivity contribution in [3.63, 3.8) is 0 Å². The van der Waals surface area contributed by atoms with Crippen LogP contribution in [0.25, 0.3) is 0 Å². The van der Waals surface area contributed by atoms with E-state index in [0.29, 0.717) is 25.1 Å². The molecule has 2 amide bonds. The smallest absolute Gasteiger partial charge is 0.243 e. The maximum absolute atomic E-state index is 13.2. The van der Waals surface area contributed by atoms with Crippen LogP contribution in [-0.2, 0) is 21.9 Å². The van der Waals surface area contributed by atoms with Gasteiger partial charge in [-0.25, -0.2) is 0 Å². The van der Waals surface area contributed by atoms with Crippen molar-refractivity contribution in [3.05, 3.63) is 65.7 Å². The van der Waals surface area contributed by atoms with Gasteiger partial charge >= 0.3 is 0 Å². The van der Waals surface area contributed by atoms with Crippen LogP contribution < -0.4 is 10.1 Å². The highest BCUT2D eigenvalue weighted by Gasteiger charge is 2.28. The molecule has 0 spiro atoms. The van der Waals surface area contributed by atoms with Crippen molar-refractivity contribution in [2.75, 3.05) is 12.9 Å². The Bertz CT molecular complexity index is 827. The van der Waals surface area contributed by atoms with E-state index in [-0.39, 0.29) is 17.9 Å². The van der Waals surface area contributed by atoms with Crippen molar-refractivity contribution in [1.82, 2.24) is 10.2 Å². The van der Waals surface area contributed by atoms with E-state index in [1.165, 1.54) is 5.56 Å². The number of thioether (sulfide) groups is 1.